The Balaban J connectivity index is 1.42. The van der Waals surface area contributed by atoms with Crippen molar-refractivity contribution in [2.24, 2.45) is 16.3 Å². The Bertz CT molecular complexity index is 1380. The summed E-state index contributed by atoms with van der Waals surface area (Å²) in [7, 11) is 0. The van der Waals surface area contributed by atoms with Crippen molar-refractivity contribution in [3.8, 4) is 11.3 Å². The number of rotatable bonds is 6. The highest BCUT2D eigenvalue weighted by Gasteiger charge is 2.33. The minimum atomic E-state index is -0.111. The molecule has 0 bridgehead atoms. The summed E-state index contributed by atoms with van der Waals surface area (Å²) in [4.78, 5) is 19.4. The van der Waals surface area contributed by atoms with Gasteiger partial charge in [0.15, 0.2) is 0 Å². The summed E-state index contributed by atoms with van der Waals surface area (Å²) in [5.41, 5.74) is 3.05. The molecular formula is C29H29BrN2O3S. The molecule has 0 aliphatic heterocycles. The zero-order valence-electron chi connectivity index (χ0n) is 20.6. The molecule has 1 amide bonds. The number of amides is 1. The lowest BCUT2D eigenvalue weighted by atomic mass is 9.72. The quantitative estimate of drug-likeness (QED) is 0.240. The Morgan fingerprint density at radius 3 is 2.72 bits per heavy atom. The van der Waals surface area contributed by atoms with Crippen LogP contribution in [0.3, 0.4) is 0 Å². The molecule has 186 valence electrons. The third-order valence-electron chi connectivity index (χ3n) is 6.77. The molecule has 0 unspecified atom stereocenters. The minimum Gasteiger partial charge on any atom is -0.467 e. The maximum Gasteiger partial charge on any atom is 0.255 e. The van der Waals surface area contributed by atoms with E-state index in [1.807, 2.05) is 48.5 Å². The van der Waals surface area contributed by atoms with Crippen LogP contribution >= 0.6 is 27.3 Å². The van der Waals surface area contributed by atoms with Crippen molar-refractivity contribution >= 4 is 44.4 Å². The highest BCUT2D eigenvalue weighted by atomic mass is 79.9. The molecule has 1 atom stereocenters. The molecule has 1 N–H and O–H groups in total. The van der Waals surface area contributed by atoms with Gasteiger partial charge < -0.3 is 14.2 Å². The van der Waals surface area contributed by atoms with Gasteiger partial charge in [-0.3, -0.25) is 4.79 Å². The van der Waals surface area contributed by atoms with Crippen LogP contribution in [0, 0.1) is 11.3 Å². The molecule has 5 rings (SSSR count). The van der Waals surface area contributed by atoms with Gasteiger partial charge in [0.05, 0.1) is 24.6 Å². The summed E-state index contributed by atoms with van der Waals surface area (Å²) < 4.78 is 12.4. The second-order valence-electron chi connectivity index (χ2n) is 10.2. The number of nitrogens with one attached hydrogen (secondary N) is 1. The molecule has 3 heterocycles. The number of benzene rings is 1. The SMILES string of the molecule is CC(C)(C)[C@H]1CCc2c(sc(N=Cc3ccc(-c4ccc(Br)cc4)o3)c2C(=O)NCc2ccco2)C1. The largest absolute Gasteiger partial charge is 0.467 e. The molecular weight excluding hydrogens is 536 g/mol. The van der Waals surface area contributed by atoms with E-state index >= 15 is 0 Å². The van der Waals surface area contributed by atoms with E-state index in [0.717, 1.165) is 51.4 Å². The lowest BCUT2D eigenvalue weighted by Crippen LogP contribution is -2.28. The Morgan fingerprint density at radius 1 is 1.19 bits per heavy atom. The van der Waals surface area contributed by atoms with Crippen LogP contribution in [0.2, 0.25) is 0 Å². The van der Waals surface area contributed by atoms with Gasteiger partial charge in [0, 0.05) is 14.9 Å². The van der Waals surface area contributed by atoms with Crippen LogP contribution in [-0.4, -0.2) is 12.1 Å². The van der Waals surface area contributed by atoms with Crippen molar-refractivity contribution in [3.05, 3.63) is 86.8 Å². The Morgan fingerprint density at radius 2 is 2.00 bits per heavy atom. The number of hydrogen-bond acceptors (Lipinski definition) is 5. The van der Waals surface area contributed by atoms with Gasteiger partial charge in [-0.15, -0.1) is 11.3 Å². The monoisotopic (exact) mass is 564 g/mol. The molecule has 1 aliphatic rings. The fourth-order valence-electron chi connectivity index (χ4n) is 4.62. The zero-order valence-corrected chi connectivity index (χ0v) is 23.0. The second kappa shape index (κ2) is 10.2. The van der Waals surface area contributed by atoms with Gasteiger partial charge >= 0.3 is 0 Å². The van der Waals surface area contributed by atoms with Crippen molar-refractivity contribution in [1.82, 2.24) is 5.32 Å². The molecule has 7 heteroatoms. The first kappa shape index (κ1) is 24.8. The predicted molar refractivity (Wildman–Crippen MR) is 148 cm³/mol. The smallest absolute Gasteiger partial charge is 0.255 e. The summed E-state index contributed by atoms with van der Waals surface area (Å²) in [5.74, 6) is 2.62. The van der Waals surface area contributed by atoms with E-state index in [1.54, 1.807) is 23.8 Å². The number of hydrogen-bond donors (Lipinski definition) is 1. The molecule has 3 aromatic heterocycles. The average molecular weight is 566 g/mol. The summed E-state index contributed by atoms with van der Waals surface area (Å²) >= 11 is 5.09. The summed E-state index contributed by atoms with van der Waals surface area (Å²) in [6, 6.07) is 15.5. The van der Waals surface area contributed by atoms with Crippen LogP contribution in [-0.2, 0) is 19.4 Å². The first-order chi connectivity index (χ1) is 17.3. The molecule has 1 aliphatic carbocycles. The molecule has 0 saturated heterocycles. The summed E-state index contributed by atoms with van der Waals surface area (Å²) in [6.07, 6.45) is 6.27. The highest BCUT2D eigenvalue weighted by molar-refractivity contribution is 9.10. The lowest BCUT2D eigenvalue weighted by Gasteiger charge is -2.33. The maximum atomic E-state index is 13.4. The minimum absolute atomic E-state index is 0.111. The van der Waals surface area contributed by atoms with Crippen molar-refractivity contribution in [1.29, 1.82) is 0 Å². The van der Waals surface area contributed by atoms with Crippen LogP contribution in [0.15, 0.2) is 73.1 Å². The Labute approximate surface area is 223 Å². The van der Waals surface area contributed by atoms with Gasteiger partial charge in [-0.2, -0.15) is 0 Å². The first-order valence-corrected chi connectivity index (χ1v) is 13.7. The summed E-state index contributed by atoms with van der Waals surface area (Å²) in [5, 5.41) is 3.75. The van der Waals surface area contributed by atoms with Crippen LogP contribution in [0.5, 0.6) is 0 Å². The van der Waals surface area contributed by atoms with Crippen LogP contribution in [0.1, 0.15) is 59.5 Å². The van der Waals surface area contributed by atoms with Gasteiger partial charge in [0.25, 0.3) is 5.91 Å². The normalized spacial score (nSPS) is 15.8. The second-order valence-corrected chi connectivity index (χ2v) is 12.2. The molecule has 0 saturated carbocycles. The van der Waals surface area contributed by atoms with Gasteiger partial charge in [0.2, 0.25) is 0 Å². The first-order valence-electron chi connectivity index (χ1n) is 12.1. The van der Waals surface area contributed by atoms with E-state index in [1.165, 1.54) is 4.88 Å². The Hall–Kier alpha value is -2.90. The maximum absolute atomic E-state index is 13.4. The van der Waals surface area contributed by atoms with E-state index in [-0.39, 0.29) is 11.3 Å². The van der Waals surface area contributed by atoms with E-state index in [0.29, 0.717) is 23.8 Å². The number of carbonyl (C=O) groups is 1. The Kier molecular flexibility index (Phi) is 7.04. The van der Waals surface area contributed by atoms with Gasteiger partial charge in [-0.25, -0.2) is 4.99 Å². The molecule has 0 spiro atoms. The van der Waals surface area contributed by atoms with Gasteiger partial charge in [0.1, 0.15) is 22.3 Å². The fraction of sp³-hybridized carbons (Fsp3) is 0.310. The molecule has 0 fully saturated rings. The molecule has 0 radical (unpaired) electrons. The third-order valence-corrected chi connectivity index (χ3v) is 8.46. The molecule has 4 aromatic rings. The predicted octanol–water partition coefficient (Wildman–Crippen LogP) is 8.20. The number of fused-ring (bicyclic) bond motifs is 1. The van der Waals surface area contributed by atoms with Gasteiger partial charge in [-0.1, -0.05) is 48.8 Å². The highest BCUT2D eigenvalue weighted by Crippen LogP contribution is 2.45. The number of furan rings is 2. The number of halogens is 1. The van der Waals surface area contributed by atoms with E-state index in [4.69, 9.17) is 13.8 Å². The fourth-order valence-corrected chi connectivity index (χ4v) is 6.15. The number of aliphatic imine (C=N–C) groups is 1. The molecule has 5 nitrogen and oxygen atoms in total. The topological polar surface area (TPSA) is 67.7 Å². The third kappa shape index (κ3) is 5.42. The number of thiophene rings is 1. The van der Waals surface area contributed by atoms with E-state index < -0.39 is 0 Å². The van der Waals surface area contributed by atoms with E-state index in [9.17, 15) is 4.79 Å². The van der Waals surface area contributed by atoms with Gasteiger partial charge in [-0.05, 0) is 72.6 Å². The standard InChI is InChI=1S/C29H29BrN2O3S/c1-29(2,3)19-8-12-23-25(15-19)36-28(26(23)27(33)31-16-21-5-4-14-34-21)32-17-22-11-13-24(35-22)18-6-9-20(30)10-7-18/h4-7,9-11,13-14,17,19H,8,12,15-16H2,1-3H3,(H,31,33)/t19-/m0/s1. The number of nitrogens with zero attached hydrogens (tertiary/aromatic N) is 1. The lowest BCUT2D eigenvalue weighted by molar-refractivity contribution is 0.0947. The van der Waals surface area contributed by atoms with Crippen LogP contribution < -0.4 is 5.32 Å². The average Bonchev–Trinajstić information content (AvgIpc) is 3.60. The molecule has 36 heavy (non-hydrogen) atoms. The van der Waals surface area contributed by atoms with Crippen LogP contribution in [0.4, 0.5) is 5.00 Å². The van der Waals surface area contributed by atoms with Crippen molar-refractivity contribution in [2.75, 3.05) is 0 Å². The van der Waals surface area contributed by atoms with Crippen molar-refractivity contribution < 1.29 is 13.6 Å². The van der Waals surface area contributed by atoms with Crippen molar-refractivity contribution in [3.63, 3.8) is 0 Å². The zero-order chi connectivity index (χ0) is 25.3. The van der Waals surface area contributed by atoms with Crippen molar-refractivity contribution in [2.45, 2.75) is 46.6 Å². The number of carbonyl (C=O) groups excluding carboxylic acids is 1. The van der Waals surface area contributed by atoms with E-state index in [2.05, 4.69) is 42.0 Å². The summed E-state index contributed by atoms with van der Waals surface area (Å²) in [6.45, 7) is 7.24. The molecule has 1 aromatic carbocycles. The van der Waals surface area contributed by atoms with Crippen LogP contribution in [0.25, 0.3) is 11.3 Å².